The molecule has 0 heterocycles. The number of rotatable bonds is 1. The summed E-state index contributed by atoms with van der Waals surface area (Å²) in [6, 6.07) is 0. The van der Waals surface area contributed by atoms with Gasteiger partial charge in [0, 0.05) is 24.8 Å². The van der Waals surface area contributed by atoms with Gasteiger partial charge in [-0.1, -0.05) is 16.7 Å². The molecule has 0 saturated carbocycles. The number of carbonyl (C=O) groups excluding carboxylic acids is 2. The number of Topliss-reactive ketones (excluding diaryl/α,β-unsaturated/α-hetero) is 1. The number of ether oxygens (including phenoxy) is 1. The molecule has 0 spiro atoms. The van der Waals surface area contributed by atoms with Crippen LogP contribution in [0.25, 0.3) is 0 Å². The largest absolute Gasteiger partial charge is 0.466 e. The van der Waals surface area contributed by atoms with Gasteiger partial charge in [0.15, 0.2) is 0 Å². The van der Waals surface area contributed by atoms with Crippen molar-refractivity contribution >= 4 is 11.8 Å². The Bertz CT molecular complexity index is 427. The van der Waals surface area contributed by atoms with E-state index in [-0.39, 0.29) is 5.97 Å². The van der Waals surface area contributed by atoms with Gasteiger partial charge in [0.05, 0.1) is 7.11 Å². The summed E-state index contributed by atoms with van der Waals surface area (Å²) in [6.07, 6.45) is 4.52. The van der Waals surface area contributed by atoms with Gasteiger partial charge < -0.3 is 4.74 Å². The zero-order valence-corrected chi connectivity index (χ0v) is 10.5. The van der Waals surface area contributed by atoms with Gasteiger partial charge >= 0.3 is 5.97 Å². The van der Waals surface area contributed by atoms with Gasteiger partial charge in [-0.2, -0.15) is 0 Å². The molecule has 2 aliphatic rings. The van der Waals surface area contributed by atoms with E-state index >= 15 is 0 Å². The van der Waals surface area contributed by atoms with Crippen LogP contribution in [0.3, 0.4) is 0 Å². The summed E-state index contributed by atoms with van der Waals surface area (Å²) in [5.41, 5.74) is 4.56. The molecule has 2 aliphatic carbocycles. The molecule has 0 aromatic rings. The molecule has 0 amide bonds. The van der Waals surface area contributed by atoms with Crippen LogP contribution in [0.2, 0.25) is 0 Å². The van der Waals surface area contributed by atoms with Crippen molar-refractivity contribution in [1.82, 2.24) is 0 Å². The molecule has 0 N–H and O–H groups in total. The third-order valence-corrected chi connectivity index (χ3v) is 3.73. The minimum atomic E-state index is -0.218. The van der Waals surface area contributed by atoms with Crippen LogP contribution in [0.15, 0.2) is 22.3 Å². The normalized spacial score (nSPS) is 21.2. The average molecular weight is 234 g/mol. The first-order valence-electron chi connectivity index (χ1n) is 6.10. The van der Waals surface area contributed by atoms with Crippen LogP contribution in [0, 0.1) is 0 Å². The highest BCUT2D eigenvalue weighted by Crippen LogP contribution is 2.36. The Kier molecular flexibility index (Phi) is 3.46. The number of hydrogen-bond donors (Lipinski definition) is 0. The molecular weight excluding hydrogens is 216 g/mol. The van der Waals surface area contributed by atoms with E-state index in [2.05, 4.69) is 0 Å². The smallest absolute Gasteiger partial charge is 0.334 e. The molecule has 0 aromatic carbocycles. The number of ketones is 1. The Labute approximate surface area is 102 Å². The summed E-state index contributed by atoms with van der Waals surface area (Å²) in [7, 11) is 1.42. The lowest BCUT2D eigenvalue weighted by molar-refractivity contribution is -0.136. The third kappa shape index (κ3) is 2.48. The monoisotopic (exact) mass is 234 g/mol. The Morgan fingerprint density at radius 1 is 1.06 bits per heavy atom. The van der Waals surface area contributed by atoms with E-state index in [0.29, 0.717) is 25.0 Å². The van der Waals surface area contributed by atoms with E-state index in [0.717, 1.165) is 30.4 Å². The molecule has 2 rings (SSSR count). The molecule has 0 unspecified atom stereocenters. The summed E-state index contributed by atoms with van der Waals surface area (Å²) in [5, 5.41) is 0. The third-order valence-electron chi connectivity index (χ3n) is 3.73. The summed E-state index contributed by atoms with van der Waals surface area (Å²) in [4.78, 5) is 23.1. The van der Waals surface area contributed by atoms with Crippen LogP contribution in [-0.2, 0) is 14.3 Å². The van der Waals surface area contributed by atoms with Crippen molar-refractivity contribution in [3.63, 3.8) is 0 Å². The molecule has 92 valence electrons. The van der Waals surface area contributed by atoms with Crippen LogP contribution in [0.1, 0.15) is 45.4 Å². The summed E-state index contributed by atoms with van der Waals surface area (Å²) in [6.45, 7) is 1.99. The van der Waals surface area contributed by atoms with E-state index in [1.54, 1.807) is 0 Å². The summed E-state index contributed by atoms with van der Waals surface area (Å²) in [5.74, 6) is 0.126. The second kappa shape index (κ2) is 4.86. The summed E-state index contributed by atoms with van der Waals surface area (Å²) >= 11 is 0. The first-order chi connectivity index (χ1) is 8.11. The van der Waals surface area contributed by atoms with Gasteiger partial charge in [-0.3, -0.25) is 4.79 Å². The molecule has 17 heavy (non-hydrogen) atoms. The van der Waals surface area contributed by atoms with E-state index < -0.39 is 0 Å². The Balaban J connectivity index is 2.19. The molecule has 0 bridgehead atoms. The van der Waals surface area contributed by atoms with E-state index in [9.17, 15) is 9.59 Å². The standard InChI is InChI=1S/C14H18O3/c1-9-7-10-3-5-12(15)6-4-11(10)8-13(9)14(16)17-2/h3-8H2,1-2H3. The molecular formula is C14H18O3. The summed E-state index contributed by atoms with van der Waals surface area (Å²) < 4.78 is 4.81. The van der Waals surface area contributed by atoms with E-state index in [1.165, 1.54) is 18.3 Å². The van der Waals surface area contributed by atoms with Crippen molar-refractivity contribution in [2.75, 3.05) is 7.11 Å². The van der Waals surface area contributed by atoms with Crippen LogP contribution in [0.4, 0.5) is 0 Å². The fraction of sp³-hybridized carbons (Fsp3) is 0.571. The number of hydrogen-bond acceptors (Lipinski definition) is 3. The van der Waals surface area contributed by atoms with Crippen LogP contribution < -0.4 is 0 Å². The Morgan fingerprint density at radius 3 is 2.24 bits per heavy atom. The number of allylic oxidation sites excluding steroid dienone is 3. The zero-order valence-electron chi connectivity index (χ0n) is 10.5. The predicted octanol–water partition coefficient (Wildman–Crippen LogP) is 2.71. The topological polar surface area (TPSA) is 43.4 Å². The number of methoxy groups -OCH3 is 1. The maximum absolute atomic E-state index is 11.6. The number of esters is 1. The molecule has 0 aromatic heterocycles. The molecule has 0 fully saturated rings. The van der Waals surface area contributed by atoms with E-state index in [1.807, 2.05) is 6.92 Å². The van der Waals surface area contributed by atoms with Gasteiger partial charge in [0.25, 0.3) is 0 Å². The lowest BCUT2D eigenvalue weighted by Crippen LogP contribution is -2.13. The highest BCUT2D eigenvalue weighted by atomic mass is 16.5. The second-order valence-corrected chi connectivity index (χ2v) is 4.85. The van der Waals surface area contributed by atoms with Crippen LogP contribution >= 0.6 is 0 Å². The predicted molar refractivity (Wildman–Crippen MR) is 64.5 cm³/mol. The quantitative estimate of drug-likeness (QED) is 0.517. The highest BCUT2D eigenvalue weighted by molar-refractivity contribution is 5.90. The van der Waals surface area contributed by atoms with Gasteiger partial charge in [-0.15, -0.1) is 0 Å². The minimum absolute atomic E-state index is 0.218. The Hall–Kier alpha value is -1.38. The number of carbonyl (C=O) groups is 2. The van der Waals surface area contributed by atoms with Crippen molar-refractivity contribution in [3.05, 3.63) is 22.3 Å². The molecule has 0 saturated heterocycles. The maximum Gasteiger partial charge on any atom is 0.334 e. The Morgan fingerprint density at radius 2 is 1.65 bits per heavy atom. The molecule has 3 heteroatoms. The van der Waals surface area contributed by atoms with Crippen molar-refractivity contribution < 1.29 is 14.3 Å². The lowest BCUT2D eigenvalue weighted by Gasteiger charge is -2.21. The SMILES string of the molecule is COC(=O)C1=C(C)CC2=C(CCC(=O)CC2)C1. The van der Waals surface area contributed by atoms with Crippen molar-refractivity contribution in [1.29, 1.82) is 0 Å². The van der Waals surface area contributed by atoms with E-state index in [4.69, 9.17) is 4.74 Å². The fourth-order valence-electron chi connectivity index (χ4n) is 2.65. The minimum Gasteiger partial charge on any atom is -0.466 e. The molecule has 0 radical (unpaired) electrons. The van der Waals surface area contributed by atoms with Crippen LogP contribution in [-0.4, -0.2) is 18.9 Å². The second-order valence-electron chi connectivity index (χ2n) is 4.85. The van der Waals surface area contributed by atoms with Crippen LogP contribution in [0.5, 0.6) is 0 Å². The first kappa shape index (κ1) is 12.1. The van der Waals surface area contributed by atoms with Crippen molar-refractivity contribution in [2.45, 2.75) is 45.4 Å². The van der Waals surface area contributed by atoms with Gasteiger partial charge in [-0.25, -0.2) is 4.79 Å². The zero-order chi connectivity index (χ0) is 12.4. The molecule has 0 atom stereocenters. The average Bonchev–Trinajstić information content (AvgIpc) is 2.50. The highest BCUT2D eigenvalue weighted by Gasteiger charge is 2.25. The molecule has 0 aliphatic heterocycles. The first-order valence-corrected chi connectivity index (χ1v) is 6.10. The lowest BCUT2D eigenvalue weighted by atomic mass is 9.84. The maximum atomic E-state index is 11.6. The van der Waals surface area contributed by atoms with Crippen molar-refractivity contribution in [3.8, 4) is 0 Å². The molecule has 3 nitrogen and oxygen atoms in total. The van der Waals surface area contributed by atoms with Gasteiger partial charge in [0.1, 0.15) is 5.78 Å². The van der Waals surface area contributed by atoms with Gasteiger partial charge in [-0.05, 0) is 26.2 Å². The van der Waals surface area contributed by atoms with Gasteiger partial charge in [0.2, 0.25) is 0 Å². The van der Waals surface area contributed by atoms with Crippen molar-refractivity contribution in [2.24, 2.45) is 0 Å². The fourth-order valence-corrected chi connectivity index (χ4v) is 2.65.